The Hall–Kier alpha value is -2.73. The van der Waals surface area contributed by atoms with Gasteiger partial charge in [-0.1, -0.05) is 36.4 Å². The largest absolute Gasteiger partial charge is 0.282 e. The molecule has 0 aliphatic carbocycles. The lowest BCUT2D eigenvalue weighted by atomic mass is 10.2. The summed E-state index contributed by atoms with van der Waals surface area (Å²) in [6.07, 6.45) is 5.15. The fraction of sp³-hybridized carbons (Fsp3) is 0.167. The van der Waals surface area contributed by atoms with E-state index in [9.17, 15) is 4.79 Å². The zero-order valence-corrected chi connectivity index (χ0v) is 14.2. The van der Waals surface area contributed by atoms with Crippen LogP contribution in [0.1, 0.15) is 13.0 Å². The quantitative estimate of drug-likeness (QED) is 0.643. The summed E-state index contributed by atoms with van der Waals surface area (Å²) in [5.74, 6) is -0.0624. The van der Waals surface area contributed by atoms with Gasteiger partial charge in [0.15, 0.2) is 5.13 Å². The number of nitrogens with zero attached hydrogens (tertiary/aromatic N) is 4. The Labute approximate surface area is 144 Å². The highest BCUT2D eigenvalue weighted by molar-refractivity contribution is 7.14. The standard InChI is InChI=1S/C18H18N4OS/c1-3-11-21(17(23)14(2)22-12-7-10-19-22)18-20-16(13-24-18)15-8-5-4-6-9-15/h3-10,12-14H,1,11H2,2H3. The molecule has 0 radical (unpaired) electrons. The molecule has 0 saturated heterocycles. The second-order valence-electron chi connectivity index (χ2n) is 5.28. The van der Waals surface area contributed by atoms with Gasteiger partial charge in [-0.05, 0) is 13.0 Å². The summed E-state index contributed by atoms with van der Waals surface area (Å²) in [7, 11) is 0. The number of aromatic nitrogens is 3. The lowest BCUT2D eigenvalue weighted by Crippen LogP contribution is -2.36. The van der Waals surface area contributed by atoms with Gasteiger partial charge in [0, 0.05) is 29.9 Å². The summed E-state index contributed by atoms with van der Waals surface area (Å²) in [5.41, 5.74) is 1.90. The highest BCUT2D eigenvalue weighted by Gasteiger charge is 2.25. The summed E-state index contributed by atoms with van der Waals surface area (Å²) in [5, 5.41) is 6.78. The summed E-state index contributed by atoms with van der Waals surface area (Å²) in [6, 6.07) is 11.3. The highest BCUT2D eigenvalue weighted by Crippen LogP contribution is 2.28. The van der Waals surface area contributed by atoms with E-state index in [-0.39, 0.29) is 5.91 Å². The van der Waals surface area contributed by atoms with Crippen molar-refractivity contribution in [3.05, 3.63) is 66.8 Å². The second kappa shape index (κ2) is 7.23. The molecule has 0 bridgehead atoms. The van der Waals surface area contributed by atoms with Gasteiger partial charge in [-0.15, -0.1) is 17.9 Å². The Morgan fingerprint density at radius 3 is 2.83 bits per heavy atom. The van der Waals surface area contributed by atoms with Crippen LogP contribution in [0, 0.1) is 0 Å². The van der Waals surface area contributed by atoms with E-state index in [4.69, 9.17) is 0 Å². The monoisotopic (exact) mass is 338 g/mol. The first kappa shape index (κ1) is 16.1. The number of carbonyl (C=O) groups excluding carboxylic acids is 1. The molecule has 24 heavy (non-hydrogen) atoms. The zero-order valence-electron chi connectivity index (χ0n) is 13.4. The topological polar surface area (TPSA) is 51.0 Å². The fourth-order valence-corrected chi connectivity index (χ4v) is 3.22. The van der Waals surface area contributed by atoms with Crippen molar-refractivity contribution in [1.29, 1.82) is 0 Å². The van der Waals surface area contributed by atoms with E-state index in [1.165, 1.54) is 11.3 Å². The summed E-state index contributed by atoms with van der Waals surface area (Å²) in [4.78, 5) is 19.1. The number of anilines is 1. The number of thiazole rings is 1. The molecule has 122 valence electrons. The molecule has 0 spiro atoms. The van der Waals surface area contributed by atoms with Crippen molar-refractivity contribution in [2.24, 2.45) is 0 Å². The van der Waals surface area contributed by atoms with Crippen molar-refractivity contribution in [2.75, 3.05) is 11.4 Å². The fourth-order valence-electron chi connectivity index (χ4n) is 2.37. The van der Waals surface area contributed by atoms with E-state index >= 15 is 0 Å². The Morgan fingerprint density at radius 2 is 2.17 bits per heavy atom. The molecule has 3 rings (SSSR count). The predicted molar refractivity (Wildman–Crippen MR) is 97.0 cm³/mol. The maximum absolute atomic E-state index is 12.9. The Kier molecular flexibility index (Phi) is 4.86. The lowest BCUT2D eigenvalue weighted by Gasteiger charge is -2.22. The van der Waals surface area contributed by atoms with Gasteiger partial charge in [0.1, 0.15) is 6.04 Å². The van der Waals surface area contributed by atoms with E-state index in [1.807, 2.05) is 42.6 Å². The van der Waals surface area contributed by atoms with Gasteiger partial charge in [0.25, 0.3) is 5.91 Å². The molecule has 1 aromatic carbocycles. The SMILES string of the molecule is C=CCN(C(=O)C(C)n1cccn1)c1nc(-c2ccccc2)cs1. The molecule has 2 heterocycles. The Balaban J connectivity index is 1.87. The number of hydrogen-bond acceptors (Lipinski definition) is 4. The van der Waals surface area contributed by atoms with Crippen molar-refractivity contribution in [1.82, 2.24) is 14.8 Å². The molecule has 3 aromatic rings. The summed E-state index contributed by atoms with van der Waals surface area (Å²) < 4.78 is 1.64. The van der Waals surface area contributed by atoms with Crippen molar-refractivity contribution < 1.29 is 4.79 Å². The van der Waals surface area contributed by atoms with Gasteiger partial charge in [0.2, 0.25) is 0 Å². The van der Waals surface area contributed by atoms with Crippen molar-refractivity contribution in [3.63, 3.8) is 0 Å². The average molecular weight is 338 g/mol. The van der Waals surface area contributed by atoms with Crippen LogP contribution in [0.25, 0.3) is 11.3 Å². The molecule has 5 nitrogen and oxygen atoms in total. The van der Waals surface area contributed by atoms with Crippen LogP contribution in [0.15, 0.2) is 66.8 Å². The molecule has 0 fully saturated rings. The number of benzene rings is 1. The van der Waals surface area contributed by atoms with E-state index in [0.717, 1.165) is 11.3 Å². The van der Waals surface area contributed by atoms with Crippen LogP contribution in [-0.2, 0) is 4.79 Å². The molecular formula is C18H18N4OS. The molecule has 0 N–H and O–H groups in total. The minimum atomic E-state index is -0.399. The first-order valence-electron chi connectivity index (χ1n) is 7.63. The van der Waals surface area contributed by atoms with Crippen LogP contribution in [0.2, 0.25) is 0 Å². The maximum Gasteiger partial charge on any atom is 0.253 e. The van der Waals surface area contributed by atoms with Gasteiger partial charge in [-0.3, -0.25) is 14.4 Å². The summed E-state index contributed by atoms with van der Waals surface area (Å²) >= 11 is 1.45. The molecule has 0 saturated carbocycles. The first-order chi connectivity index (χ1) is 11.7. The molecule has 1 unspecified atom stereocenters. The Bertz CT molecular complexity index is 811. The van der Waals surface area contributed by atoms with Crippen LogP contribution in [0.3, 0.4) is 0 Å². The molecule has 6 heteroatoms. The smallest absolute Gasteiger partial charge is 0.253 e. The number of amides is 1. The van der Waals surface area contributed by atoms with Crippen molar-refractivity contribution in [2.45, 2.75) is 13.0 Å². The lowest BCUT2D eigenvalue weighted by molar-refractivity contribution is -0.121. The number of rotatable bonds is 6. The van der Waals surface area contributed by atoms with Crippen molar-refractivity contribution >= 4 is 22.4 Å². The van der Waals surface area contributed by atoms with Gasteiger partial charge in [-0.2, -0.15) is 5.10 Å². The third kappa shape index (κ3) is 3.28. The van der Waals surface area contributed by atoms with E-state index < -0.39 is 6.04 Å². The predicted octanol–water partition coefficient (Wildman–Crippen LogP) is 3.79. The van der Waals surface area contributed by atoms with E-state index in [1.54, 1.807) is 34.1 Å². The van der Waals surface area contributed by atoms with Gasteiger partial charge in [0.05, 0.1) is 5.69 Å². The van der Waals surface area contributed by atoms with Gasteiger partial charge >= 0.3 is 0 Å². The molecule has 2 aromatic heterocycles. The molecular weight excluding hydrogens is 320 g/mol. The van der Waals surface area contributed by atoms with Crippen LogP contribution >= 0.6 is 11.3 Å². The number of hydrogen-bond donors (Lipinski definition) is 0. The third-order valence-corrected chi connectivity index (χ3v) is 4.51. The summed E-state index contributed by atoms with van der Waals surface area (Å²) in [6.45, 7) is 6.00. The minimum absolute atomic E-state index is 0.0624. The van der Waals surface area contributed by atoms with Crippen LogP contribution < -0.4 is 4.90 Å². The number of carbonyl (C=O) groups is 1. The minimum Gasteiger partial charge on any atom is -0.282 e. The highest BCUT2D eigenvalue weighted by atomic mass is 32.1. The van der Waals surface area contributed by atoms with Gasteiger partial charge < -0.3 is 0 Å². The van der Waals surface area contributed by atoms with Crippen molar-refractivity contribution in [3.8, 4) is 11.3 Å². The van der Waals surface area contributed by atoms with Crippen LogP contribution in [0.5, 0.6) is 0 Å². The normalized spacial score (nSPS) is 11.9. The first-order valence-corrected chi connectivity index (χ1v) is 8.51. The van der Waals surface area contributed by atoms with Crippen LogP contribution in [-0.4, -0.2) is 27.2 Å². The molecule has 1 atom stereocenters. The van der Waals surface area contributed by atoms with E-state index in [2.05, 4.69) is 16.7 Å². The zero-order chi connectivity index (χ0) is 16.9. The second-order valence-corrected chi connectivity index (χ2v) is 6.12. The maximum atomic E-state index is 12.9. The molecule has 0 aliphatic rings. The van der Waals surface area contributed by atoms with Crippen LogP contribution in [0.4, 0.5) is 5.13 Å². The third-order valence-electron chi connectivity index (χ3n) is 3.65. The average Bonchev–Trinajstić information content (AvgIpc) is 3.31. The molecule has 0 aliphatic heterocycles. The van der Waals surface area contributed by atoms with Gasteiger partial charge in [-0.25, -0.2) is 4.98 Å². The van der Waals surface area contributed by atoms with E-state index in [0.29, 0.717) is 11.7 Å². The molecule has 1 amide bonds. The Morgan fingerprint density at radius 1 is 1.38 bits per heavy atom.